The monoisotopic (exact) mass is 866 g/mol. The fourth-order valence-electron chi connectivity index (χ4n) is 7.76. The quantitative estimate of drug-likeness (QED) is 0.0322. The predicted octanol–water partition coefficient (Wildman–Crippen LogP) is 15.8. The molecule has 62 heavy (non-hydrogen) atoms. The molecule has 0 saturated carbocycles. The molecule has 3 atom stereocenters. The molecule has 3 unspecified atom stereocenters. The van der Waals surface area contributed by atoms with Crippen LogP contribution < -0.4 is 5.32 Å². The molecule has 1 amide bonds. The van der Waals surface area contributed by atoms with Gasteiger partial charge < -0.3 is 20.3 Å². The Kier molecular flexibility index (Phi) is 47.2. The van der Waals surface area contributed by atoms with E-state index < -0.39 is 18.2 Å². The second-order valence-corrected chi connectivity index (χ2v) is 17.7. The lowest BCUT2D eigenvalue weighted by Gasteiger charge is -2.24. The number of ether oxygens (including phenoxy) is 1. The number of rotatable bonds is 46. The number of allylic oxidation sites excluding steroid dienone is 12. The van der Waals surface area contributed by atoms with Crippen molar-refractivity contribution in [1.29, 1.82) is 0 Å². The van der Waals surface area contributed by atoms with E-state index in [0.717, 1.165) is 57.8 Å². The summed E-state index contributed by atoms with van der Waals surface area (Å²) in [4.78, 5) is 26.1. The van der Waals surface area contributed by atoms with E-state index in [0.29, 0.717) is 19.3 Å². The molecule has 0 aromatic rings. The van der Waals surface area contributed by atoms with Crippen molar-refractivity contribution in [3.05, 3.63) is 72.9 Å². The molecule has 6 nitrogen and oxygen atoms in total. The van der Waals surface area contributed by atoms with E-state index in [1.807, 2.05) is 60.8 Å². The lowest BCUT2D eigenvalue weighted by atomic mass is 10.0. The highest BCUT2D eigenvalue weighted by Crippen LogP contribution is 2.17. The van der Waals surface area contributed by atoms with Gasteiger partial charge in [0.2, 0.25) is 5.91 Å². The number of hydrogen-bond donors (Lipinski definition) is 3. The van der Waals surface area contributed by atoms with E-state index in [1.54, 1.807) is 0 Å². The molecule has 0 spiro atoms. The topological polar surface area (TPSA) is 95.9 Å². The third-order valence-electron chi connectivity index (χ3n) is 11.7. The zero-order valence-corrected chi connectivity index (χ0v) is 40.7. The van der Waals surface area contributed by atoms with Crippen molar-refractivity contribution >= 4 is 11.9 Å². The van der Waals surface area contributed by atoms with Gasteiger partial charge in [-0.25, -0.2) is 0 Å². The second kappa shape index (κ2) is 49.3. The third kappa shape index (κ3) is 43.9. The van der Waals surface area contributed by atoms with Gasteiger partial charge in [0.1, 0.15) is 6.10 Å². The van der Waals surface area contributed by atoms with Crippen molar-refractivity contribution in [3.8, 4) is 0 Å². The highest BCUT2D eigenvalue weighted by Gasteiger charge is 2.24. The van der Waals surface area contributed by atoms with Crippen LogP contribution in [0.4, 0.5) is 0 Å². The molecule has 0 heterocycles. The van der Waals surface area contributed by atoms with E-state index in [1.165, 1.54) is 141 Å². The third-order valence-corrected chi connectivity index (χ3v) is 11.7. The maximum absolute atomic E-state index is 13.2. The molecule has 0 fully saturated rings. The summed E-state index contributed by atoms with van der Waals surface area (Å²) >= 11 is 0. The standard InChI is InChI=1S/C56H99NO5/c1-4-7-10-13-16-19-22-25-27-30-32-35-38-41-44-47-52(62-56(61)49-46-43-40-37-34-29-24-21-18-15-12-9-6-3)50-55(60)57-53(51-58)54(59)48-45-42-39-36-33-31-28-26-23-20-17-14-11-8-5-2/h7,10,13,16,19,22,25,27,30,32,35,38,52-54,58-59H,4-6,8-9,11-12,14-15,17-18,20-21,23-24,26,28-29,31,33-34,36-37,39-51H2,1-3H3,(H,57,60)/b10-7-,16-13+,22-19+,27-25-,32-30+,38-35+. The van der Waals surface area contributed by atoms with Crippen molar-refractivity contribution in [2.75, 3.05) is 6.61 Å². The number of hydrogen-bond acceptors (Lipinski definition) is 5. The van der Waals surface area contributed by atoms with Gasteiger partial charge in [-0.3, -0.25) is 9.59 Å². The molecule has 358 valence electrons. The van der Waals surface area contributed by atoms with Gasteiger partial charge in [0.15, 0.2) is 0 Å². The fourth-order valence-corrected chi connectivity index (χ4v) is 7.76. The molecular formula is C56H99NO5. The number of aliphatic hydroxyl groups excluding tert-OH is 2. The number of carbonyl (C=O) groups is 2. The lowest BCUT2D eigenvalue weighted by molar-refractivity contribution is -0.151. The van der Waals surface area contributed by atoms with E-state index >= 15 is 0 Å². The fraction of sp³-hybridized carbons (Fsp3) is 0.750. The van der Waals surface area contributed by atoms with Crippen LogP contribution in [0.1, 0.15) is 245 Å². The Morgan fingerprint density at radius 3 is 1.29 bits per heavy atom. The summed E-state index contributed by atoms with van der Waals surface area (Å²) < 4.78 is 5.90. The van der Waals surface area contributed by atoms with E-state index in [4.69, 9.17) is 4.74 Å². The SMILES string of the molecule is CC\C=C/C=C/C=C/C=C\C=C\C=C\CCCC(CC(=O)NC(CO)C(O)CCCCCCCCCCCCCCCCC)OC(=O)CCCCCCCCCCCCCCC. The number of amides is 1. The first kappa shape index (κ1) is 59.3. The maximum Gasteiger partial charge on any atom is 0.306 e. The first-order valence-electron chi connectivity index (χ1n) is 26.2. The van der Waals surface area contributed by atoms with Crippen molar-refractivity contribution in [2.45, 2.75) is 264 Å². The second-order valence-electron chi connectivity index (χ2n) is 17.7. The molecule has 0 bridgehead atoms. The Labute approximate surface area is 383 Å². The van der Waals surface area contributed by atoms with E-state index in [9.17, 15) is 19.8 Å². The maximum atomic E-state index is 13.2. The van der Waals surface area contributed by atoms with Gasteiger partial charge in [0, 0.05) is 6.42 Å². The molecule has 0 rings (SSSR count). The first-order valence-corrected chi connectivity index (χ1v) is 26.2. The number of aliphatic hydroxyl groups is 2. The number of carbonyl (C=O) groups excluding carboxylic acids is 2. The van der Waals surface area contributed by atoms with Crippen molar-refractivity contribution in [2.24, 2.45) is 0 Å². The summed E-state index contributed by atoms with van der Waals surface area (Å²) in [5, 5.41) is 23.8. The van der Waals surface area contributed by atoms with Crippen LogP contribution in [0.25, 0.3) is 0 Å². The zero-order valence-electron chi connectivity index (χ0n) is 40.7. The normalized spacial score (nSPS) is 13.8. The molecule has 6 heteroatoms. The van der Waals surface area contributed by atoms with Crippen LogP contribution in [0.2, 0.25) is 0 Å². The van der Waals surface area contributed by atoms with Gasteiger partial charge in [0.25, 0.3) is 0 Å². The minimum atomic E-state index is -0.809. The smallest absolute Gasteiger partial charge is 0.306 e. The molecule has 0 aliphatic rings. The van der Waals surface area contributed by atoms with Gasteiger partial charge >= 0.3 is 5.97 Å². The summed E-state index contributed by atoms with van der Waals surface area (Å²) in [5.41, 5.74) is 0. The van der Waals surface area contributed by atoms with Crippen LogP contribution in [-0.4, -0.2) is 46.9 Å². The largest absolute Gasteiger partial charge is 0.462 e. The number of unbranched alkanes of at least 4 members (excludes halogenated alkanes) is 27. The Bertz CT molecular complexity index is 1150. The van der Waals surface area contributed by atoms with Crippen LogP contribution in [0.3, 0.4) is 0 Å². The molecular weight excluding hydrogens is 767 g/mol. The lowest BCUT2D eigenvalue weighted by Crippen LogP contribution is -2.46. The van der Waals surface area contributed by atoms with Crippen LogP contribution >= 0.6 is 0 Å². The Balaban J connectivity index is 4.69. The summed E-state index contributed by atoms with van der Waals surface area (Å²) in [6.07, 6.45) is 62.5. The van der Waals surface area contributed by atoms with Gasteiger partial charge in [0.05, 0.1) is 25.2 Å². The van der Waals surface area contributed by atoms with Crippen LogP contribution in [0, 0.1) is 0 Å². The molecule has 0 aromatic heterocycles. The van der Waals surface area contributed by atoms with Crippen LogP contribution in [-0.2, 0) is 14.3 Å². The predicted molar refractivity (Wildman–Crippen MR) is 268 cm³/mol. The molecule has 0 aromatic carbocycles. The van der Waals surface area contributed by atoms with Crippen molar-refractivity contribution < 1.29 is 24.5 Å². The number of esters is 1. The first-order chi connectivity index (χ1) is 30.5. The highest BCUT2D eigenvalue weighted by atomic mass is 16.5. The average molecular weight is 866 g/mol. The van der Waals surface area contributed by atoms with Gasteiger partial charge in [-0.1, -0.05) is 267 Å². The van der Waals surface area contributed by atoms with Crippen LogP contribution in [0.15, 0.2) is 72.9 Å². The summed E-state index contributed by atoms with van der Waals surface area (Å²) in [6.45, 7) is 6.32. The minimum Gasteiger partial charge on any atom is -0.462 e. The summed E-state index contributed by atoms with van der Waals surface area (Å²) in [6, 6.07) is -0.727. The Morgan fingerprint density at radius 2 is 0.871 bits per heavy atom. The van der Waals surface area contributed by atoms with Gasteiger partial charge in [-0.2, -0.15) is 0 Å². The minimum absolute atomic E-state index is 0.0263. The molecule has 0 aliphatic carbocycles. The van der Waals surface area contributed by atoms with Gasteiger partial charge in [-0.05, 0) is 38.5 Å². The highest BCUT2D eigenvalue weighted by molar-refractivity contribution is 5.77. The Morgan fingerprint density at radius 1 is 0.484 bits per heavy atom. The zero-order chi connectivity index (χ0) is 45.2. The summed E-state index contributed by atoms with van der Waals surface area (Å²) in [7, 11) is 0. The molecule has 0 radical (unpaired) electrons. The molecule has 3 N–H and O–H groups in total. The molecule has 0 aliphatic heterocycles. The van der Waals surface area contributed by atoms with Crippen LogP contribution in [0.5, 0.6) is 0 Å². The Hall–Kier alpha value is -2.70. The number of nitrogens with one attached hydrogen (secondary N) is 1. The molecule has 0 saturated heterocycles. The van der Waals surface area contributed by atoms with E-state index in [2.05, 4.69) is 38.2 Å². The van der Waals surface area contributed by atoms with Crippen molar-refractivity contribution in [3.63, 3.8) is 0 Å². The summed E-state index contributed by atoms with van der Waals surface area (Å²) in [5.74, 6) is -0.546. The van der Waals surface area contributed by atoms with E-state index in [-0.39, 0.29) is 24.9 Å². The van der Waals surface area contributed by atoms with Gasteiger partial charge in [-0.15, -0.1) is 0 Å². The van der Waals surface area contributed by atoms with Crippen molar-refractivity contribution in [1.82, 2.24) is 5.32 Å². The average Bonchev–Trinajstić information content (AvgIpc) is 3.26.